The van der Waals surface area contributed by atoms with Crippen LogP contribution in [0.25, 0.3) is 22.6 Å². The van der Waals surface area contributed by atoms with Gasteiger partial charge in [0.1, 0.15) is 22.7 Å². The summed E-state index contributed by atoms with van der Waals surface area (Å²) in [6.45, 7) is -1.53. The van der Waals surface area contributed by atoms with Crippen molar-refractivity contribution < 1.29 is 31.4 Å². The Kier molecular flexibility index (Phi) is 6.88. The van der Waals surface area contributed by atoms with Crippen LogP contribution in [0.1, 0.15) is 6.92 Å². The summed E-state index contributed by atoms with van der Waals surface area (Å²) < 4.78 is 66.5. The van der Waals surface area contributed by atoms with E-state index in [0.717, 1.165) is 0 Å². The largest absolute Gasteiger partial charge is 0.457 e. The lowest BCUT2D eigenvalue weighted by molar-refractivity contribution is -0.0540. The van der Waals surface area contributed by atoms with Gasteiger partial charge in [-0.15, -0.1) is 0 Å². The minimum atomic E-state index is -3.36. The predicted molar refractivity (Wildman–Crippen MR) is 135 cm³/mol. The third-order valence-corrected chi connectivity index (χ3v) is 7.14. The third-order valence-electron chi connectivity index (χ3n) is 5.39. The minimum Gasteiger partial charge on any atom is -0.457 e. The molecule has 0 bridgehead atoms. The molecule has 0 amide bonds. The first-order valence-electron chi connectivity index (χ1n) is 11.4. The Morgan fingerprint density at radius 3 is 2.39 bits per heavy atom. The highest BCUT2D eigenvalue weighted by molar-refractivity contribution is 7.91. The summed E-state index contributed by atoms with van der Waals surface area (Å²) in [6, 6.07) is 17.5. The molecule has 0 radical (unpaired) electrons. The van der Waals surface area contributed by atoms with Gasteiger partial charge in [0.05, 0.1) is 16.2 Å². The number of hydrogen-bond acceptors (Lipinski definition) is 8. The Labute approximate surface area is 216 Å². The monoisotopic (exact) mass is 538 g/mol. The fourth-order valence-corrected chi connectivity index (χ4v) is 4.47. The van der Waals surface area contributed by atoms with E-state index >= 15 is 0 Å². The van der Waals surface area contributed by atoms with Gasteiger partial charge in [-0.25, -0.2) is 18.4 Å². The van der Waals surface area contributed by atoms with Crippen molar-refractivity contribution in [1.82, 2.24) is 19.9 Å². The van der Waals surface area contributed by atoms with Crippen LogP contribution in [-0.4, -0.2) is 40.7 Å². The molecule has 0 aliphatic rings. The molecule has 0 saturated carbocycles. The lowest BCUT2D eigenvalue weighted by Crippen LogP contribution is -2.04. The van der Waals surface area contributed by atoms with Crippen molar-refractivity contribution >= 4 is 20.9 Å². The van der Waals surface area contributed by atoms with Crippen LogP contribution in [0.15, 0.2) is 84.0 Å². The van der Waals surface area contributed by atoms with Crippen LogP contribution in [0.5, 0.6) is 28.9 Å². The molecule has 0 spiro atoms. The Hall–Kier alpha value is -4.58. The Bertz CT molecular complexity index is 1680. The van der Waals surface area contributed by atoms with Crippen molar-refractivity contribution in [2.75, 3.05) is 5.75 Å². The molecule has 0 unspecified atom stereocenters. The van der Waals surface area contributed by atoms with E-state index in [1.54, 1.807) is 31.3 Å². The summed E-state index contributed by atoms with van der Waals surface area (Å²) in [5, 5.41) is 0. The van der Waals surface area contributed by atoms with Crippen LogP contribution in [0.2, 0.25) is 0 Å². The zero-order valence-corrected chi connectivity index (χ0v) is 20.7. The van der Waals surface area contributed by atoms with Crippen molar-refractivity contribution in [3.8, 4) is 40.4 Å². The first-order valence-corrected chi connectivity index (χ1v) is 13.0. The summed E-state index contributed by atoms with van der Waals surface area (Å²) in [4.78, 5) is 16.1. The highest BCUT2D eigenvalue weighted by Crippen LogP contribution is 2.38. The molecule has 5 aromatic rings. The Morgan fingerprint density at radius 1 is 0.895 bits per heavy atom. The van der Waals surface area contributed by atoms with Gasteiger partial charge in [0.25, 0.3) is 5.88 Å². The van der Waals surface area contributed by atoms with Crippen LogP contribution in [-0.2, 0) is 9.84 Å². The van der Waals surface area contributed by atoms with Gasteiger partial charge in [0.15, 0.2) is 27.2 Å². The molecular formula is C26H20F2N4O5S. The van der Waals surface area contributed by atoms with Crippen LogP contribution >= 0.6 is 0 Å². The second kappa shape index (κ2) is 10.4. The van der Waals surface area contributed by atoms with Gasteiger partial charge >= 0.3 is 6.61 Å². The zero-order valence-electron chi connectivity index (χ0n) is 19.8. The number of halogens is 2. The molecule has 0 fully saturated rings. The number of aromatic amines is 1. The summed E-state index contributed by atoms with van der Waals surface area (Å²) in [5.41, 5.74) is 1.48. The van der Waals surface area contributed by atoms with E-state index in [-0.39, 0.29) is 22.1 Å². The van der Waals surface area contributed by atoms with Gasteiger partial charge in [-0.3, -0.25) is 4.98 Å². The van der Waals surface area contributed by atoms with Gasteiger partial charge in [-0.05, 0) is 48.5 Å². The molecule has 1 N–H and O–H groups in total. The number of alkyl halides is 2. The summed E-state index contributed by atoms with van der Waals surface area (Å²) in [6.07, 6.45) is 2.93. The van der Waals surface area contributed by atoms with E-state index in [4.69, 9.17) is 9.47 Å². The molecule has 12 heteroatoms. The molecule has 9 nitrogen and oxygen atoms in total. The molecule has 38 heavy (non-hydrogen) atoms. The van der Waals surface area contributed by atoms with E-state index in [0.29, 0.717) is 34.1 Å². The molecule has 0 atom stereocenters. The quantitative estimate of drug-likeness (QED) is 0.243. The number of hydrogen-bond donors (Lipinski definition) is 1. The van der Waals surface area contributed by atoms with E-state index in [1.165, 1.54) is 48.7 Å². The number of H-pyrrole nitrogens is 1. The van der Waals surface area contributed by atoms with Gasteiger partial charge < -0.3 is 19.2 Å². The van der Waals surface area contributed by atoms with E-state index in [1.807, 2.05) is 6.07 Å². The fourth-order valence-electron chi connectivity index (χ4n) is 3.58. The number of sulfone groups is 1. The number of pyridine rings is 2. The maximum Gasteiger partial charge on any atom is 0.388 e. The third kappa shape index (κ3) is 5.39. The highest BCUT2D eigenvalue weighted by atomic mass is 32.2. The smallest absolute Gasteiger partial charge is 0.388 e. The number of aromatic nitrogens is 4. The maximum absolute atomic E-state index is 12.9. The van der Waals surface area contributed by atoms with Crippen LogP contribution in [0.4, 0.5) is 8.78 Å². The standard InChI is InChI=1S/C26H20F2N4O5S/c1-2-38(33,34)18-10-8-16(9-11-18)35-17-14-20-23(32-24(31-20)19-6-3-4-12-29-19)22(15-17)36-21-7-5-13-30-25(21)37-26(27)28/h3-15,26H,2H2,1H3,(H,31,32). The SMILES string of the molecule is CCS(=O)(=O)c1ccc(Oc2cc(Oc3cccnc3OC(F)F)c3nc(-c4ccccn4)[nH]c3c2)cc1. The fraction of sp³-hybridized carbons (Fsp3) is 0.115. The first kappa shape index (κ1) is 25.1. The number of nitrogens with zero attached hydrogens (tertiary/aromatic N) is 3. The molecular weight excluding hydrogens is 518 g/mol. The van der Waals surface area contributed by atoms with Gasteiger partial charge in [0, 0.05) is 24.5 Å². The zero-order chi connectivity index (χ0) is 26.7. The Morgan fingerprint density at radius 2 is 1.68 bits per heavy atom. The maximum atomic E-state index is 12.9. The van der Waals surface area contributed by atoms with Crippen molar-refractivity contribution in [2.45, 2.75) is 18.4 Å². The molecule has 0 saturated heterocycles. The number of imidazole rings is 1. The summed E-state index contributed by atoms with van der Waals surface area (Å²) >= 11 is 0. The second-order valence-electron chi connectivity index (χ2n) is 7.88. The number of fused-ring (bicyclic) bond motifs is 1. The minimum absolute atomic E-state index is 0.0192. The van der Waals surface area contributed by atoms with E-state index < -0.39 is 22.3 Å². The molecule has 2 aromatic carbocycles. The molecule has 3 aromatic heterocycles. The average molecular weight is 539 g/mol. The lowest BCUT2D eigenvalue weighted by atomic mass is 10.2. The van der Waals surface area contributed by atoms with Crippen LogP contribution < -0.4 is 14.2 Å². The van der Waals surface area contributed by atoms with Crippen molar-refractivity contribution in [3.05, 3.63) is 79.1 Å². The summed E-state index contributed by atoms with van der Waals surface area (Å²) in [5.74, 6) is 0.848. The van der Waals surface area contributed by atoms with Crippen LogP contribution in [0.3, 0.4) is 0 Å². The number of nitrogens with one attached hydrogen (secondary N) is 1. The first-order chi connectivity index (χ1) is 18.3. The van der Waals surface area contributed by atoms with Crippen LogP contribution in [0, 0.1) is 0 Å². The molecule has 194 valence electrons. The molecule has 3 heterocycles. The highest BCUT2D eigenvalue weighted by Gasteiger charge is 2.18. The normalized spacial score (nSPS) is 11.6. The molecule has 5 rings (SSSR count). The van der Waals surface area contributed by atoms with E-state index in [2.05, 4.69) is 24.7 Å². The lowest BCUT2D eigenvalue weighted by Gasteiger charge is -2.13. The van der Waals surface area contributed by atoms with Crippen molar-refractivity contribution in [2.24, 2.45) is 0 Å². The topological polar surface area (TPSA) is 116 Å². The number of ether oxygens (including phenoxy) is 3. The van der Waals surface area contributed by atoms with E-state index in [9.17, 15) is 17.2 Å². The average Bonchev–Trinajstić information content (AvgIpc) is 3.35. The van der Waals surface area contributed by atoms with Gasteiger partial charge in [0.2, 0.25) is 0 Å². The predicted octanol–water partition coefficient (Wildman–Crippen LogP) is 6.00. The Balaban J connectivity index is 1.55. The molecule has 0 aliphatic carbocycles. The molecule has 0 aliphatic heterocycles. The summed E-state index contributed by atoms with van der Waals surface area (Å²) in [7, 11) is -3.36. The number of rotatable bonds is 9. The number of benzene rings is 2. The second-order valence-corrected chi connectivity index (χ2v) is 10.2. The van der Waals surface area contributed by atoms with Gasteiger partial charge in [-0.2, -0.15) is 8.78 Å². The van der Waals surface area contributed by atoms with Crippen molar-refractivity contribution in [3.63, 3.8) is 0 Å². The van der Waals surface area contributed by atoms with Gasteiger partial charge in [-0.1, -0.05) is 13.0 Å². The van der Waals surface area contributed by atoms with Crippen molar-refractivity contribution in [1.29, 1.82) is 0 Å².